The smallest absolute Gasteiger partial charge is 0.153 e. The highest BCUT2D eigenvalue weighted by Crippen LogP contribution is 2.27. The second kappa shape index (κ2) is 6.07. The van der Waals surface area contributed by atoms with E-state index >= 15 is 0 Å². The predicted molar refractivity (Wildman–Crippen MR) is 85.0 cm³/mol. The lowest BCUT2D eigenvalue weighted by atomic mass is 10.0. The zero-order valence-corrected chi connectivity index (χ0v) is 13.3. The standard InChI is InChI=1S/C16H24N2O2S/c1-13-12-21(19,20)10-9-18(13)16(11-17-15-7-8-15)14-5-3-2-4-6-14/h2-6,13,15-17H,7-12H2,1H3. The maximum absolute atomic E-state index is 11.8. The van der Waals surface area contributed by atoms with Gasteiger partial charge in [0.05, 0.1) is 11.5 Å². The van der Waals surface area contributed by atoms with Crippen molar-refractivity contribution in [3.8, 4) is 0 Å². The predicted octanol–water partition coefficient (Wildman–Crippen LogP) is 1.60. The van der Waals surface area contributed by atoms with Crippen LogP contribution in [0, 0.1) is 0 Å². The van der Waals surface area contributed by atoms with Crippen LogP contribution < -0.4 is 5.32 Å². The first-order valence-electron chi connectivity index (χ1n) is 7.80. The van der Waals surface area contributed by atoms with Crippen molar-refractivity contribution in [2.45, 2.75) is 37.9 Å². The summed E-state index contributed by atoms with van der Waals surface area (Å²) in [5.74, 6) is 0.559. The van der Waals surface area contributed by atoms with E-state index in [4.69, 9.17) is 0 Å². The quantitative estimate of drug-likeness (QED) is 0.897. The normalized spacial score (nSPS) is 27.4. The molecule has 5 heteroatoms. The molecule has 1 heterocycles. The number of rotatable bonds is 5. The number of nitrogens with zero attached hydrogens (tertiary/aromatic N) is 1. The van der Waals surface area contributed by atoms with Gasteiger partial charge in [-0.1, -0.05) is 30.3 Å². The van der Waals surface area contributed by atoms with Crippen molar-refractivity contribution in [2.75, 3.05) is 24.6 Å². The summed E-state index contributed by atoms with van der Waals surface area (Å²) in [6.45, 7) is 3.57. The summed E-state index contributed by atoms with van der Waals surface area (Å²) < 4.78 is 23.6. The molecule has 1 aliphatic carbocycles. The number of nitrogens with one attached hydrogen (secondary N) is 1. The van der Waals surface area contributed by atoms with Crippen LogP contribution in [-0.2, 0) is 9.84 Å². The molecule has 2 fully saturated rings. The van der Waals surface area contributed by atoms with Crippen LogP contribution in [0.2, 0.25) is 0 Å². The molecule has 0 bridgehead atoms. The highest BCUT2D eigenvalue weighted by molar-refractivity contribution is 7.91. The van der Waals surface area contributed by atoms with Crippen molar-refractivity contribution in [3.05, 3.63) is 35.9 Å². The average Bonchev–Trinajstić information content (AvgIpc) is 3.26. The van der Waals surface area contributed by atoms with E-state index < -0.39 is 9.84 Å². The Kier molecular flexibility index (Phi) is 4.33. The molecule has 3 rings (SSSR count). The van der Waals surface area contributed by atoms with E-state index in [9.17, 15) is 8.42 Å². The van der Waals surface area contributed by atoms with Gasteiger partial charge in [-0.05, 0) is 25.3 Å². The third kappa shape index (κ3) is 3.84. The van der Waals surface area contributed by atoms with E-state index in [-0.39, 0.29) is 23.6 Å². The van der Waals surface area contributed by atoms with Crippen LogP contribution in [0.15, 0.2) is 30.3 Å². The molecular weight excluding hydrogens is 284 g/mol. The highest BCUT2D eigenvalue weighted by Gasteiger charge is 2.34. The van der Waals surface area contributed by atoms with Gasteiger partial charge < -0.3 is 5.32 Å². The fraction of sp³-hybridized carbons (Fsp3) is 0.625. The van der Waals surface area contributed by atoms with Crippen molar-refractivity contribution in [1.29, 1.82) is 0 Å². The Balaban J connectivity index is 1.77. The lowest BCUT2D eigenvalue weighted by molar-refractivity contribution is 0.154. The van der Waals surface area contributed by atoms with Gasteiger partial charge in [0.15, 0.2) is 9.84 Å². The Labute approximate surface area is 127 Å². The minimum Gasteiger partial charge on any atom is -0.312 e. The maximum atomic E-state index is 11.8. The van der Waals surface area contributed by atoms with Crippen LogP contribution in [0.1, 0.15) is 31.4 Å². The molecule has 1 aromatic rings. The van der Waals surface area contributed by atoms with Gasteiger partial charge in [0, 0.05) is 31.2 Å². The Morgan fingerprint density at radius 2 is 2.00 bits per heavy atom. The lowest BCUT2D eigenvalue weighted by Gasteiger charge is -2.39. The van der Waals surface area contributed by atoms with Crippen LogP contribution in [0.25, 0.3) is 0 Å². The second-order valence-corrected chi connectivity index (χ2v) is 8.54. The number of benzene rings is 1. The first-order chi connectivity index (χ1) is 10.1. The van der Waals surface area contributed by atoms with E-state index in [1.54, 1.807) is 0 Å². The van der Waals surface area contributed by atoms with Crippen LogP contribution in [0.4, 0.5) is 0 Å². The molecule has 2 atom stereocenters. The van der Waals surface area contributed by atoms with Crippen LogP contribution in [0.5, 0.6) is 0 Å². The Morgan fingerprint density at radius 1 is 1.29 bits per heavy atom. The number of hydrogen-bond acceptors (Lipinski definition) is 4. The molecular formula is C16H24N2O2S. The Morgan fingerprint density at radius 3 is 2.62 bits per heavy atom. The third-order valence-corrected chi connectivity index (χ3v) is 6.28. The van der Waals surface area contributed by atoms with Gasteiger partial charge in [0.2, 0.25) is 0 Å². The first-order valence-corrected chi connectivity index (χ1v) is 9.62. The third-order valence-electron chi connectivity index (χ3n) is 4.48. The van der Waals surface area contributed by atoms with Gasteiger partial charge in [0.25, 0.3) is 0 Å². The van der Waals surface area contributed by atoms with Gasteiger partial charge >= 0.3 is 0 Å². The van der Waals surface area contributed by atoms with Gasteiger partial charge in [0.1, 0.15) is 0 Å². The Bertz CT molecular complexity index is 569. The maximum Gasteiger partial charge on any atom is 0.153 e. The summed E-state index contributed by atoms with van der Waals surface area (Å²) in [7, 11) is -2.86. The van der Waals surface area contributed by atoms with Crippen molar-refractivity contribution in [1.82, 2.24) is 10.2 Å². The highest BCUT2D eigenvalue weighted by atomic mass is 32.2. The zero-order chi connectivity index (χ0) is 14.9. The molecule has 21 heavy (non-hydrogen) atoms. The van der Waals surface area contributed by atoms with Crippen molar-refractivity contribution in [3.63, 3.8) is 0 Å². The number of sulfone groups is 1. The van der Waals surface area contributed by atoms with Gasteiger partial charge in [-0.15, -0.1) is 0 Å². The summed E-state index contributed by atoms with van der Waals surface area (Å²) in [5.41, 5.74) is 1.27. The first kappa shape index (κ1) is 15.0. The average molecular weight is 308 g/mol. The molecule has 4 nitrogen and oxygen atoms in total. The summed E-state index contributed by atoms with van der Waals surface area (Å²) in [6, 6.07) is 11.4. The van der Waals surface area contributed by atoms with Gasteiger partial charge in [-0.25, -0.2) is 8.42 Å². The Hall–Kier alpha value is -0.910. The molecule has 116 valence electrons. The fourth-order valence-corrected chi connectivity index (χ4v) is 4.72. The molecule has 0 aromatic heterocycles. The monoisotopic (exact) mass is 308 g/mol. The molecule has 1 aromatic carbocycles. The molecule has 1 N–H and O–H groups in total. The van der Waals surface area contributed by atoms with E-state index in [1.807, 2.05) is 13.0 Å². The molecule has 0 radical (unpaired) electrons. The zero-order valence-electron chi connectivity index (χ0n) is 12.5. The van der Waals surface area contributed by atoms with E-state index in [0.29, 0.717) is 12.6 Å². The molecule has 2 unspecified atom stereocenters. The summed E-state index contributed by atoms with van der Waals surface area (Å²) in [5, 5.41) is 3.60. The van der Waals surface area contributed by atoms with Crippen molar-refractivity contribution < 1.29 is 8.42 Å². The molecule has 2 aliphatic rings. The molecule has 1 saturated heterocycles. The summed E-state index contributed by atoms with van der Waals surface area (Å²) in [4.78, 5) is 2.35. The van der Waals surface area contributed by atoms with Gasteiger partial charge in [-0.2, -0.15) is 0 Å². The van der Waals surface area contributed by atoms with Crippen molar-refractivity contribution >= 4 is 9.84 Å². The molecule has 0 amide bonds. The largest absolute Gasteiger partial charge is 0.312 e. The van der Waals surface area contributed by atoms with E-state index in [2.05, 4.69) is 34.5 Å². The van der Waals surface area contributed by atoms with Crippen molar-refractivity contribution in [2.24, 2.45) is 0 Å². The fourth-order valence-electron chi connectivity index (χ4n) is 3.14. The lowest BCUT2D eigenvalue weighted by Crippen LogP contribution is -2.50. The van der Waals surface area contributed by atoms with Gasteiger partial charge in [-0.3, -0.25) is 4.90 Å². The van der Waals surface area contributed by atoms with Crippen LogP contribution in [-0.4, -0.2) is 50.0 Å². The van der Waals surface area contributed by atoms with E-state index in [0.717, 1.165) is 6.54 Å². The SMILES string of the molecule is CC1CS(=O)(=O)CCN1C(CNC1CC1)c1ccccc1. The molecule has 1 aliphatic heterocycles. The topological polar surface area (TPSA) is 49.4 Å². The minimum atomic E-state index is -2.86. The molecule has 1 saturated carbocycles. The minimum absolute atomic E-state index is 0.0787. The van der Waals surface area contributed by atoms with E-state index in [1.165, 1.54) is 18.4 Å². The van der Waals surface area contributed by atoms with Crippen LogP contribution in [0.3, 0.4) is 0 Å². The summed E-state index contributed by atoms with van der Waals surface area (Å²) in [6.07, 6.45) is 2.54. The second-order valence-electron chi connectivity index (χ2n) is 6.31. The summed E-state index contributed by atoms with van der Waals surface area (Å²) >= 11 is 0. The molecule has 0 spiro atoms. The number of hydrogen-bond donors (Lipinski definition) is 1. The van der Waals surface area contributed by atoms with Crippen LogP contribution >= 0.6 is 0 Å².